The van der Waals surface area contributed by atoms with Crippen LogP contribution in [0.2, 0.25) is 0 Å². The van der Waals surface area contributed by atoms with E-state index in [-0.39, 0.29) is 46.8 Å². The summed E-state index contributed by atoms with van der Waals surface area (Å²) < 4.78 is 20.7. The summed E-state index contributed by atoms with van der Waals surface area (Å²) in [6.45, 7) is 15.8. The maximum Gasteiger partial charge on any atom is 0.251 e. The van der Waals surface area contributed by atoms with Crippen LogP contribution in [-0.2, 0) is 27.3 Å². The van der Waals surface area contributed by atoms with Gasteiger partial charge in [-0.05, 0) is 136 Å². The summed E-state index contributed by atoms with van der Waals surface area (Å²) in [4.78, 5) is 56.0. The molecular formula is C52H68FN7O5S2. The number of nitrogens with zero attached hydrogens (tertiary/aromatic N) is 3. The van der Waals surface area contributed by atoms with Crippen molar-refractivity contribution in [3.05, 3.63) is 113 Å². The van der Waals surface area contributed by atoms with Gasteiger partial charge in [-0.1, -0.05) is 67.5 Å². The van der Waals surface area contributed by atoms with Gasteiger partial charge in [-0.25, -0.2) is 9.82 Å². The van der Waals surface area contributed by atoms with Crippen molar-refractivity contribution < 1.29 is 28.3 Å². The number of benzene rings is 3. The molecule has 2 fully saturated rings. The average Bonchev–Trinajstić information content (AvgIpc) is 4.10. The Morgan fingerprint density at radius 3 is 2.43 bits per heavy atom. The molecule has 2 unspecified atom stereocenters. The first-order chi connectivity index (χ1) is 32.1. The molecule has 3 aromatic carbocycles. The summed E-state index contributed by atoms with van der Waals surface area (Å²) in [5, 5.41) is 10.1. The molecule has 3 aliphatic rings. The lowest BCUT2D eigenvalue weighted by molar-refractivity contribution is -0.131. The number of hydrogen-bond acceptors (Lipinski definition) is 10. The van der Waals surface area contributed by atoms with Gasteiger partial charge < -0.3 is 30.9 Å². The van der Waals surface area contributed by atoms with Crippen LogP contribution in [0.15, 0.2) is 89.7 Å². The number of piperazine rings is 1. The second kappa shape index (κ2) is 24.1. The number of nitrogens with one attached hydrogen (secondary N) is 3. The van der Waals surface area contributed by atoms with Crippen LogP contribution in [0.1, 0.15) is 107 Å². The number of hydrazone groups is 1. The second-order valence-corrected chi connectivity index (χ2v) is 22.1. The first kappa shape index (κ1) is 51.1. The van der Waals surface area contributed by atoms with Gasteiger partial charge in [0.05, 0.1) is 12.3 Å². The highest BCUT2D eigenvalue weighted by molar-refractivity contribution is 8.77. The predicted octanol–water partition coefficient (Wildman–Crippen LogP) is 9.26. The summed E-state index contributed by atoms with van der Waals surface area (Å²) >= 11 is 0. The number of anilines is 2. The molecule has 2 aliphatic carbocycles. The van der Waals surface area contributed by atoms with Crippen molar-refractivity contribution >= 4 is 62.3 Å². The van der Waals surface area contributed by atoms with Crippen molar-refractivity contribution in [1.29, 1.82) is 0 Å². The lowest BCUT2D eigenvalue weighted by atomic mass is 9.90. The average molecular weight is 954 g/mol. The number of fused-ring (bicyclic) bond motifs is 1. The van der Waals surface area contributed by atoms with Crippen LogP contribution in [0, 0.1) is 29.5 Å². The third-order valence-corrected chi connectivity index (χ3v) is 15.4. The molecule has 2 atom stereocenters. The molecule has 360 valence electrons. The Hall–Kier alpha value is -5.28. The molecule has 1 aliphatic heterocycles. The van der Waals surface area contributed by atoms with Gasteiger partial charge in [-0.15, -0.1) is 0 Å². The van der Waals surface area contributed by atoms with Gasteiger partial charge in [0.25, 0.3) is 5.91 Å². The van der Waals surface area contributed by atoms with Gasteiger partial charge in [0.1, 0.15) is 11.6 Å². The maximum absolute atomic E-state index is 15.0. The van der Waals surface area contributed by atoms with E-state index in [1.54, 1.807) is 52.1 Å². The van der Waals surface area contributed by atoms with Crippen LogP contribution in [0.4, 0.5) is 15.8 Å². The number of aryl methyl sites for hydroxylation is 1. The number of amides is 4. The number of carbonyl (C=O) groups excluding carboxylic acids is 4. The molecule has 6 rings (SSSR count). The molecule has 67 heavy (non-hydrogen) atoms. The molecule has 0 radical (unpaired) electrons. The second-order valence-electron chi connectivity index (χ2n) is 19.0. The number of ether oxygens (including phenoxy) is 1. The van der Waals surface area contributed by atoms with E-state index < -0.39 is 5.82 Å². The van der Waals surface area contributed by atoms with Gasteiger partial charge in [0.15, 0.2) is 0 Å². The minimum Gasteiger partial charge on any atom is -0.494 e. The van der Waals surface area contributed by atoms with Gasteiger partial charge in [-0.2, -0.15) is 5.10 Å². The number of rotatable bonds is 21. The summed E-state index contributed by atoms with van der Waals surface area (Å²) in [7, 11) is 3.23. The monoisotopic (exact) mass is 953 g/mol. The molecule has 1 heterocycles. The fourth-order valence-electron chi connectivity index (χ4n) is 8.11. The van der Waals surface area contributed by atoms with Gasteiger partial charge >= 0.3 is 0 Å². The third kappa shape index (κ3) is 15.4. The summed E-state index contributed by atoms with van der Waals surface area (Å²) in [6, 6.07) is 17.9. The molecule has 15 heteroatoms. The maximum atomic E-state index is 15.0. The van der Waals surface area contributed by atoms with Crippen LogP contribution in [0.3, 0.4) is 0 Å². The topological polar surface area (TPSA) is 158 Å². The largest absolute Gasteiger partial charge is 0.494 e. The Kier molecular flexibility index (Phi) is 18.4. The highest BCUT2D eigenvalue weighted by Gasteiger charge is 2.44. The molecule has 3 aromatic rings. The smallest absolute Gasteiger partial charge is 0.251 e. The van der Waals surface area contributed by atoms with Crippen LogP contribution >= 0.6 is 21.6 Å². The zero-order valence-electron chi connectivity index (χ0n) is 39.9. The Morgan fingerprint density at radius 1 is 0.970 bits per heavy atom. The third-order valence-electron chi connectivity index (χ3n) is 12.1. The number of carbonyl (C=O) groups is 4. The summed E-state index contributed by atoms with van der Waals surface area (Å²) in [6.07, 6.45) is 10.7. The van der Waals surface area contributed by atoms with Crippen molar-refractivity contribution in [2.75, 3.05) is 48.8 Å². The number of nitrogens with two attached hydrogens (primary N) is 1. The first-order valence-electron chi connectivity index (χ1n) is 23.6. The zero-order chi connectivity index (χ0) is 48.1. The SMILES string of the molecule is CC(C)/C=C\C(=C/N)C1CC1C(=O)Nc1ccc(CNC(=O)c2ccc(N3CCN(C(=O)CCSSC(C)(C)CC(=O)N/N=C4\CCCc5cc(OCCC(C)C)ccc54)CC3)cc2)c(F)c1. The van der Waals surface area contributed by atoms with E-state index in [1.165, 1.54) is 11.6 Å². The standard InChI is InChI=1S/C52H68FN7O5S2/c1-34(2)10-11-38(32-54)44-30-45(44)51(64)56-40-15-12-39(46(53)29-40)33-55-50(63)36-13-16-41(17-14-36)59-22-24-60(25-23-59)49(62)21-27-66-67-52(5,6)31-48(61)58-57-47-9-7-8-37-28-42(18-19-43(37)47)65-26-20-35(3)4/h10-19,28-29,32,34-35,44-45H,7-9,20-27,30-31,33,54H2,1-6H3,(H,55,63)(H,56,64)(H,58,61)/b11-10-,38-32+,57-47+. The van der Waals surface area contributed by atoms with E-state index in [2.05, 4.69) is 65.9 Å². The van der Waals surface area contributed by atoms with E-state index in [0.717, 1.165) is 54.0 Å². The Labute approximate surface area is 404 Å². The van der Waals surface area contributed by atoms with E-state index in [1.807, 2.05) is 49.1 Å². The first-order valence-corrected chi connectivity index (χ1v) is 25.9. The normalized spacial score (nSPS) is 18.0. The number of allylic oxidation sites excluding steroid dienone is 3. The van der Waals surface area contributed by atoms with E-state index in [0.29, 0.717) is 86.5 Å². The van der Waals surface area contributed by atoms with Crippen molar-refractivity contribution in [3.63, 3.8) is 0 Å². The molecular weight excluding hydrogens is 886 g/mol. The van der Waals surface area contributed by atoms with Gasteiger partial charge in [0, 0.05) is 90.0 Å². The molecule has 0 aromatic heterocycles. The fourth-order valence-corrected chi connectivity index (χ4v) is 10.6. The fraction of sp³-hybridized carbons (Fsp3) is 0.481. The highest BCUT2D eigenvalue weighted by atomic mass is 33.1. The Balaban J connectivity index is 0.858. The lowest BCUT2D eigenvalue weighted by Crippen LogP contribution is -2.48. The quantitative estimate of drug-likeness (QED) is 0.0354. The van der Waals surface area contributed by atoms with Crippen molar-refractivity contribution in [1.82, 2.24) is 15.6 Å². The molecule has 1 saturated heterocycles. The van der Waals surface area contributed by atoms with Crippen molar-refractivity contribution in [3.8, 4) is 5.75 Å². The van der Waals surface area contributed by atoms with E-state index >= 15 is 4.39 Å². The molecule has 4 amide bonds. The molecule has 1 saturated carbocycles. The minimum atomic E-state index is -0.523. The lowest BCUT2D eigenvalue weighted by Gasteiger charge is -2.36. The van der Waals surface area contributed by atoms with E-state index in [4.69, 9.17) is 10.5 Å². The molecule has 0 bridgehead atoms. The predicted molar refractivity (Wildman–Crippen MR) is 272 cm³/mol. The summed E-state index contributed by atoms with van der Waals surface area (Å²) in [5.41, 5.74) is 14.8. The van der Waals surface area contributed by atoms with Crippen LogP contribution < -0.4 is 31.4 Å². The molecule has 12 nitrogen and oxygen atoms in total. The zero-order valence-corrected chi connectivity index (χ0v) is 41.5. The Bertz CT molecular complexity index is 2310. The van der Waals surface area contributed by atoms with E-state index in [9.17, 15) is 19.2 Å². The van der Waals surface area contributed by atoms with Crippen LogP contribution in [0.25, 0.3) is 0 Å². The van der Waals surface area contributed by atoms with Gasteiger partial charge in [0.2, 0.25) is 17.7 Å². The Morgan fingerprint density at radius 2 is 1.73 bits per heavy atom. The van der Waals surface area contributed by atoms with Crippen LogP contribution in [-0.4, -0.2) is 77.5 Å². The number of halogens is 1. The highest BCUT2D eigenvalue weighted by Crippen LogP contribution is 2.45. The van der Waals surface area contributed by atoms with Crippen molar-refractivity contribution in [2.45, 2.75) is 97.8 Å². The van der Waals surface area contributed by atoms with Gasteiger partial charge in [-0.3, -0.25) is 19.2 Å². The van der Waals surface area contributed by atoms with Crippen LogP contribution in [0.5, 0.6) is 5.75 Å². The number of hydrogen-bond donors (Lipinski definition) is 4. The molecule has 0 spiro atoms. The summed E-state index contributed by atoms with van der Waals surface area (Å²) in [5.74, 6) is 1.28. The van der Waals surface area contributed by atoms with Crippen molar-refractivity contribution in [2.24, 2.45) is 34.5 Å². The minimum absolute atomic E-state index is 0.0104. The molecule has 5 N–H and O–H groups in total.